The Kier molecular flexibility index (Phi) is 5.54. The first-order valence-electron chi connectivity index (χ1n) is 6.66. The van der Waals surface area contributed by atoms with Crippen LogP contribution in [0.2, 0.25) is 0 Å². The van der Waals surface area contributed by atoms with Gasteiger partial charge in [0.1, 0.15) is 18.1 Å². The van der Waals surface area contributed by atoms with E-state index in [-0.39, 0.29) is 0 Å². The maximum atomic E-state index is 6.01. The van der Waals surface area contributed by atoms with Crippen molar-refractivity contribution in [3.05, 3.63) is 57.1 Å². The van der Waals surface area contributed by atoms with Gasteiger partial charge in [-0.2, -0.15) is 0 Å². The molecule has 0 atom stereocenters. The van der Waals surface area contributed by atoms with Gasteiger partial charge in [0.05, 0.1) is 7.11 Å². The Morgan fingerprint density at radius 3 is 2.33 bits per heavy atom. The molecule has 21 heavy (non-hydrogen) atoms. The van der Waals surface area contributed by atoms with E-state index < -0.39 is 0 Å². The molecule has 0 N–H and O–H groups in total. The molecule has 0 amide bonds. The first kappa shape index (κ1) is 16.2. The van der Waals surface area contributed by atoms with Crippen LogP contribution in [0.15, 0.2) is 34.8 Å². The molecule has 0 bridgehead atoms. The van der Waals surface area contributed by atoms with Crippen molar-refractivity contribution in [1.29, 1.82) is 0 Å². The van der Waals surface area contributed by atoms with Gasteiger partial charge in [-0.3, -0.25) is 0 Å². The third-order valence-corrected chi connectivity index (χ3v) is 4.09. The Morgan fingerprint density at radius 1 is 1.10 bits per heavy atom. The molecule has 0 heterocycles. The van der Waals surface area contributed by atoms with Crippen molar-refractivity contribution < 1.29 is 9.47 Å². The molecule has 0 radical (unpaired) electrons. The second-order valence-corrected chi connectivity index (χ2v) is 6.12. The summed E-state index contributed by atoms with van der Waals surface area (Å²) in [6, 6.07) is 10.0. The summed E-state index contributed by atoms with van der Waals surface area (Å²) in [5, 5.41) is 0. The number of hydrogen-bond acceptors (Lipinski definition) is 2. The van der Waals surface area contributed by atoms with E-state index in [0.717, 1.165) is 38.2 Å². The van der Waals surface area contributed by atoms with Crippen molar-refractivity contribution >= 4 is 27.5 Å². The largest absolute Gasteiger partial charge is 0.496 e. The van der Waals surface area contributed by atoms with Crippen LogP contribution in [0.5, 0.6) is 11.5 Å². The lowest BCUT2D eigenvalue weighted by Crippen LogP contribution is -2.02. The SMILES string of the molecule is COc1ccc(Br)cc1COc1c(C)cc(CCl)cc1C. The summed E-state index contributed by atoms with van der Waals surface area (Å²) >= 11 is 9.36. The number of ether oxygens (including phenoxy) is 2. The average molecular weight is 370 g/mol. The molecule has 0 aliphatic heterocycles. The van der Waals surface area contributed by atoms with Crippen molar-refractivity contribution in [2.45, 2.75) is 26.3 Å². The van der Waals surface area contributed by atoms with E-state index in [1.54, 1.807) is 7.11 Å². The number of methoxy groups -OCH3 is 1. The number of halogens is 2. The summed E-state index contributed by atoms with van der Waals surface area (Å²) in [5.74, 6) is 2.25. The molecule has 2 aromatic rings. The number of aryl methyl sites for hydroxylation is 2. The minimum Gasteiger partial charge on any atom is -0.496 e. The summed E-state index contributed by atoms with van der Waals surface area (Å²) in [6.45, 7) is 4.54. The van der Waals surface area contributed by atoms with Crippen LogP contribution in [-0.4, -0.2) is 7.11 Å². The Balaban J connectivity index is 2.22. The summed E-state index contributed by atoms with van der Waals surface area (Å²) in [4.78, 5) is 0. The van der Waals surface area contributed by atoms with Gasteiger partial charge in [-0.25, -0.2) is 0 Å². The monoisotopic (exact) mass is 368 g/mol. The van der Waals surface area contributed by atoms with E-state index in [1.807, 2.05) is 32.0 Å². The van der Waals surface area contributed by atoms with Gasteiger partial charge in [0, 0.05) is 15.9 Å². The van der Waals surface area contributed by atoms with E-state index in [0.29, 0.717) is 12.5 Å². The summed E-state index contributed by atoms with van der Waals surface area (Å²) in [6.07, 6.45) is 0. The van der Waals surface area contributed by atoms with Crippen LogP contribution < -0.4 is 9.47 Å². The Labute approximate surface area is 139 Å². The number of hydrogen-bond donors (Lipinski definition) is 0. The topological polar surface area (TPSA) is 18.5 Å². The minimum absolute atomic E-state index is 0.463. The molecule has 0 fully saturated rings. The smallest absolute Gasteiger partial charge is 0.125 e. The normalized spacial score (nSPS) is 10.5. The zero-order chi connectivity index (χ0) is 15.4. The van der Waals surface area contributed by atoms with E-state index in [9.17, 15) is 0 Å². The molecule has 0 spiro atoms. The molecule has 2 aromatic carbocycles. The number of benzene rings is 2. The van der Waals surface area contributed by atoms with Gasteiger partial charge in [-0.1, -0.05) is 28.1 Å². The maximum absolute atomic E-state index is 6.01. The first-order chi connectivity index (χ1) is 10.0. The van der Waals surface area contributed by atoms with Crippen LogP contribution in [0, 0.1) is 13.8 Å². The van der Waals surface area contributed by atoms with E-state index >= 15 is 0 Å². The molecule has 0 saturated heterocycles. The van der Waals surface area contributed by atoms with Crippen molar-refractivity contribution in [2.24, 2.45) is 0 Å². The Hall–Kier alpha value is -1.19. The average Bonchev–Trinajstić information content (AvgIpc) is 2.46. The van der Waals surface area contributed by atoms with Crippen LogP contribution in [0.4, 0.5) is 0 Å². The predicted octanol–water partition coefficient (Wildman–Crippen LogP) is 5.39. The van der Waals surface area contributed by atoms with Crippen LogP contribution >= 0.6 is 27.5 Å². The molecule has 4 heteroatoms. The highest BCUT2D eigenvalue weighted by Crippen LogP contribution is 2.29. The zero-order valence-corrected chi connectivity index (χ0v) is 14.7. The first-order valence-corrected chi connectivity index (χ1v) is 7.99. The highest BCUT2D eigenvalue weighted by atomic mass is 79.9. The molecule has 0 aliphatic carbocycles. The lowest BCUT2D eigenvalue weighted by Gasteiger charge is -2.15. The number of rotatable bonds is 5. The fourth-order valence-electron chi connectivity index (χ4n) is 2.35. The third-order valence-electron chi connectivity index (χ3n) is 3.29. The van der Waals surface area contributed by atoms with Crippen molar-refractivity contribution in [1.82, 2.24) is 0 Å². The highest BCUT2D eigenvalue weighted by Gasteiger charge is 2.09. The molecule has 0 aliphatic rings. The third kappa shape index (κ3) is 3.92. The Bertz CT molecular complexity index is 618. The predicted molar refractivity (Wildman–Crippen MR) is 90.5 cm³/mol. The van der Waals surface area contributed by atoms with Crippen molar-refractivity contribution in [2.75, 3.05) is 7.11 Å². The van der Waals surface area contributed by atoms with Crippen molar-refractivity contribution in [3.8, 4) is 11.5 Å². The van der Waals surface area contributed by atoms with Crippen LogP contribution in [0.25, 0.3) is 0 Å². The summed E-state index contributed by atoms with van der Waals surface area (Å²) in [5.41, 5.74) is 4.31. The quantitative estimate of drug-likeness (QED) is 0.658. The molecule has 0 saturated carbocycles. The lowest BCUT2D eigenvalue weighted by atomic mass is 10.1. The highest BCUT2D eigenvalue weighted by molar-refractivity contribution is 9.10. The standard InChI is InChI=1S/C17H18BrClO2/c1-11-6-13(9-19)7-12(2)17(11)21-10-14-8-15(18)4-5-16(14)20-3/h4-8H,9-10H2,1-3H3. The molecule has 2 rings (SSSR count). The summed E-state index contributed by atoms with van der Waals surface area (Å²) < 4.78 is 12.4. The molecular formula is C17H18BrClO2. The van der Waals surface area contributed by atoms with Gasteiger partial charge in [-0.15, -0.1) is 11.6 Å². The van der Waals surface area contributed by atoms with Crippen molar-refractivity contribution in [3.63, 3.8) is 0 Å². The van der Waals surface area contributed by atoms with E-state index in [1.165, 1.54) is 0 Å². The molecule has 0 unspecified atom stereocenters. The van der Waals surface area contributed by atoms with Gasteiger partial charge < -0.3 is 9.47 Å². The number of alkyl halides is 1. The van der Waals surface area contributed by atoms with E-state index in [4.69, 9.17) is 21.1 Å². The molecule has 0 aromatic heterocycles. The Morgan fingerprint density at radius 2 is 1.76 bits per heavy atom. The minimum atomic E-state index is 0.463. The van der Waals surface area contributed by atoms with Crippen LogP contribution in [0.3, 0.4) is 0 Å². The van der Waals surface area contributed by atoms with Crippen LogP contribution in [0.1, 0.15) is 22.3 Å². The van der Waals surface area contributed by atoms with Crippen LogP contribution in [-0.2, 0) is 12.5 Å². The fraction of sp³-hybridized carbons (Fsp3) is 0.294. The lowest BCUT2D eigenvalue weighted by molar-refractivity contribution is 0.293. The molecule has 112 valence electrons. The molecular weight excluding hydrogens is 352 g/mol. The second-order valence-electron chi connectivity index (χ2n) is 4.94. The van der Waals surface area contributed by atoms with Gasteiger partial charge in [-0.05, 0) is 48.7 Å². The molecule has 2 nitrogen and oxygen atoms in total. The van der Waals surface area contributed by atoms with Gasteiger partial charge in [0.2, 0.25) is 0 Å². The fourth-order valence-corrected chi connectivity index (χ4v) is 2.92. The van der Waals surface area contributed by atoms with Gasteiger partial charge in [0.25, 0.3) is 0 Å². The summed E-state index contributed by atoms with van der Waals surface area (Å²) in [7, 11) is 1.67. The van der Waals surface area contributed by atoms with Gasteiger partial charge >= 0.3 is 0 Å². The van der Waals surface area contributed by atoms with Gasteiger partial charge in [0.15, 0.2) is 0 Å². The van der Waals surface area contributed by atoms with E-state index in [2.05, 4.69) is 28.1 Å². The zero-order valence-electron chi connectivity index (χ0n) is 12.4. The maximum Gasteiger partial charge on any atom is 0.125 e. The second kappa shape index (κ2) is 7.19.